The maximum absolute atomic E-state index is 12.6. The number of carbonyl (C=O) groups is 1. The number of benzene rings is 1. The minimum absolute atomic E-state index is 0.178. The van der Waals surface area contributed by atoms with Crippen LogP contribution in [0, 0.1) is 0 Å². The molecule has 28 heavy (non-hydrogen) atoms. The number of anilines is 1. The standard InChI is InChI=1S/C19H19N7O2/c1-11(2)26-10-20-25-18(26)13-7-5-9-15(21-13)23-19(27)17-22-12-6-4-8-14(28-3)16(12)24-17/h4-11H,1-3H3,(H,22,24)(H,21,23,27). The van der Waals surface area contributed by atoms with Gasteiger partial charge < -0.3 is 19.6 Å². The van der Waals surface area contributed by atoms with Gasteiger partial charge in [0.15, 0.2) is 11.6 Å². The van der Waals surface area contributed by atoms with Gasteiger partial charge in [-0.25, -0.2) is 9.97 Å². The molecule has 1 amide bonds. The first-order chi connectivity index (χ1) is 13.6. The number of fused-ring (bicyclic) bond motifs is 1. The number of nitrogens with zero attached hydrogens (tertiary/aromatic N) is 5. The quantitative estimate of drug-likeness (QED) is 0.553. The number of amides is 1. The number of para-hydroxylation sites is 1. The lowest BCUT2D eigenvalue weighted by molar-refractivity contribution is 0.101. The predicted molar refractivity (Wildman–Crippen MR) is 104 cm³/mol. The van der Waals surface area contributed by atoms with Crippen molar-refractivity contribution in [1.29, 1.82) is 0 Å². The number of ether oxygens (including phenoxy) is 1. The van der Waals surface area contributed by atoms with Crippen LogP contribution < -0.4 is 10.1 Å². The summed E-state index contributed by atoms with van der Waals surface area (Å²) in [6.07, 6.45) is 1.66. The minimum atomic E-state index is -0.395. The third-order valence-corrected chi connectivity index (χ3v) is 4.26. The topological polar surface area (TPSA) is 111 Å². The summed E-state index contributed by atoms with van der Waals surface area (Å²) in [5.41, 5.74) is 1.94. The molecule has 1 aromatic carbocycles. The third kappa shape index (κ3) is 3.18. The first kappa shape index (κ1) is 17.7. The van der Waals surface area contributed by atoms with E-state index in [1.165, 1.54) is 0 Å². The van der Waals surface area contributed by atoms with Crippen LogP contribution in [0.15, 0.2) is 42.7 Å². The van der Waals surface area contributed by atoms with Crippen LogP contribution in [0.3, 0.4) is 0 Å². The normalized spacial score (nSPS) is 11.1. The van der Waals surface area contributed by atoms with Crippen LogP contribution in [0.2, 0.25) is 0 Å². The second-order valence-electron chi connectivity index (χ2n) is 6.46. The molecular formula is C19H19N7O2. The first-order valence-corrected chi connectivity index (χ1v) is 8.78. The molecule has 0 aliphatic heterocycles. The van der Waals surface area contributed by atoms with E-state index in [4.69, 9.17) is 4.74 Å². The molecule has 0 radical (unpaired) electrons. The lowest BCUT2D eigenvalue weighted by Crippen LogP contribution is -2.15. The highest BCUT2D eigenvalue weighted by Crippen LogP contribution is 2.24. The molecule has 0 bridgehead atoms. The summed E-state index contributed by atoms with van der Waals surface area (Å²) >= 11 is 0. The van der Waals surface area contributed by atoms with Crippen molar-refractivity contribution < 1.29 is 9.53 Å². The molecule has 0 saturated carbocycles. The van der Waals surface area contributed by atoms with Gasteiger partial charge >= 0.3 is 0 Å². The Kier molecular flexibility index (Phi) is 4.48. The van der Waals surface area contributed by atoms with Crippen LogP contribution in [-0.2, 0) is 0 Å². The van der Waals surface area contributed by atoms with Crippen LogP contribution in [-0.4, -0.2) is 42.7 Å². The number of aromatic amines is 1. The van der Waals surface area contributed by atoms with Gasteiger partial charge in [0.2, 0.25) is 0 Å². The monoisotopic (exact) mass is 377 g/mol. The number of pyridine rings is 1. The van der Waals surface area contributed by atoms with Gasteiger partial charge in [-0.1, -0.05) is 12.1 Å². The van der Waals surface area contributed by atoms with Crippen molar-refractivity contribution in [3.8, 4) is 17.3 Å². The van der Waals surface area contributed by atoms with Gasteiger partial charge in [-0.2, -0.15) is 0 Å². The summed E-state index contributed by atoms with van der Waals surface area (Å²) in [5, 5.41) is 10.9. The van der Waals surface area contributed by atoms with E-state index in [2.05, 4.69) is 30.5 Å². The van der Waals surface area contributed by atoms with Crippen molar-refractivity contribution in [2.75, 3.05) is 12.4 Å². The maximum Gasteiger partial charge on any atom is 0.292 e. The SMILES string of the molecule is COc1cccc2nc(C(=O)Nc3cccc(-c4nncn4C(C)C)n3)[nH]c12. The molecule has 0 fully saturated rings. The number of hydrogen-bond donors (Lipinski definition) is 2. The average molecular weight is 377 g/mol. The van der Waals surface area contributed by atoms with Gasteiger partial charge in [0.05, 0.1) is 12.6 Å². The molecule has 9 heteroatoms. The molecule has 2 N–H and O–H groups in total. The van der Waals surface area contributed by atoms with Crippen molar-refractivity contribution in [3.63, 3.8) is 0 Å². The Labute approximate surface area is 160 Å². The molecule has 142 valence electrons. The molecule has 0 aliphatic rings. The summed E-state index contributed by atoms with van der Waals surface area (Å²) in [7, 11) is 1.57. The number of H-pyrrole nitrogens is 1. The van der Waals surface area contributed by atoms with E-state index in [0.717, 1.165) is 0 Å². The highest BCUT2D eigenvalue weighted by molar-refractivity contribution is 6.03. The molecule has 4 aromatic rings. The van der Waals surface area contributed by atoms with Crippen LogP contribution >= 0.6 is 0 Å². The molecule has 0 saturated heterocycles. The van der Waals surface area contributed by atoms with Crippen molar-refractivity contribution in [3.05, 3.63) is 48.5 Å². The summed E-state index contributed by atoms with van der Waals surface area (Å²) in [6.45, 7) is 4.07. The Morgan fingerprint density at radius 2 is 2.00 bits per heavy atom. The van der Waals surface area contributed by atoms with Crippen LogP contribution in [0.25, 0.3) is 22.6 Å². The molecule has 3 heterocycles. The van der Waals surface area contributed by atoms with E-state index < -0.39 is 5.91 Å². The fourth-order valence-corrected chi connectivity index (χ4v) is 2.89. The van der Waals surface area contributed by atoms with Crippen molar-refractivity contribution >= 4 is 22.8 Å². The fourth-order valence-electron chi connectivity index (χ4n) is 2.89. The summed E-state index contributed by atoms with van der Waals surface area (Å²) in [4.78, 5) is 24.5. The predicted octanol–water partition coefficient (Wildman–Crippen LogP) is 3.06. The van der Waals surface area contributed by atoms with Gasteiger partial charge in [0.25, 0.3) is 5.91 Å². The van der Waals surface area contributed by atoms with E-state index in [1.807, 2.05) is 36.6 Å². The van der Waals surface area contributed by atoms with Crippen molar-refractivity contribution in [2.45, 2.75) is 19.9 Å². The molecule has 0 spiro atoms. The highest BCUT2D eigenvalue weighted by atomic mass is 16.5. The zero-order valence-corrected chi connectivity index (χ0v) is 15.7. The number of aromatic nitrogens is 6. The zero-order chi connectivity index (χ0) is 19.7. The number of rotatable bonds is 5. The third-order valence-electron chi connectivity index (χ3n) is 4.26. The summed E-state index contributed by atoms with van der Waals surface area (Å²) in [5.74, 6) is 1.44. The summed E-state index contributed by atoms with van der Waals surface area (Å²) < 4.78 is 7.21. The zero-order valence-electron chi connectivity index (χ0n) is 15.7. The van der Waals surface area contributed by atoms with Crippen molar-refractivity contribution in [2.24, 2.45) is 0 Å². The molecule has 0 aliphatic carbocycles. The first-order valence-electron chi connectivity index (χ1n) is 8.78. The lowest BCUT2D eigenvalue weighted by Gasteiger charge is -2.10. The smallest absolute Gasteiger partial charge is 0.292 e. The second-order valence-corrected chi connectivity index (χ2v) is 6.46. The molecule has 0 atom stereocenters. The van der Waals surface area contributed by atoms with E-state index in [9.17, 15) is 4.79 Å². The van der Waals surface area contributed by atoms with E-state index in [1.54, 1.807) is 31.6 Å². The van der Waals surface area contributed by atoms with Gasteiger partial charge in [-0.05, 0) is 38.1 Å². The van der Waals surface area contributed by atoms with Gasteiger partial charge in [-0.15, -0.1) is 10.2 Å². The van der Waals surface area contributed by atoms with Crippen LogP contribution in [0.4, 0.5) is 5.82 Å². The molecular weight excluding hydrogens is 358 g/mol. The van der Waals surface area contributed by atoms with Gasteiger partial charge in [0.1, 0.15) is 29.1 Å². The van der Waals surface area contributed by atoms with Gasteiger partial charge in [0, 0.05) is 6.04 Å². The van der Waals surface area contributed by atoms with E-state index in [0.29, 0.717) is 34.1 Å². The number of methoxy groups -OCH3 is 1. The van der Waals surface area contributed by atoms with E-state index in [-0.39, 0.29) is 11.9 Å². The Bertz CT molecular complexity index is 1150. The fraction of sp³-hybridized carbons (Fsp3) is 0.211. The summed E-state index contributed by atoms with van der Waals surface area (Å²) in [6, 6.07) is 11.0. The maximum atomic E-state index is 12.6. The highest BCUT2D eigenvalue weighted by Gasteiger charge is 2.16. The van der Waals surface area contributed by atoms with Crippen LogP contribution in [0.1, 0.15) is 30.5 Å². The number of nitrogens with one attached hydrogen (secondary N) is 2. The molecule has 9 nitrogen and oxygen atoms in total. The minimum Gasteiger partial charge on any atom is -0.494 e. The molecule has 0 unspecified atom stereocenters. The number of hydrogen-bond acceptors (Lipinski definition) is 6. The average Bonchev–Trinajstić information content (AvgIpc) is 3.35. The van der Waals surface area contributed by atoms with E-state index >= 15 is 0 Å². The lowest BCUT2D eigenvalue weighted by atomic mass is 10.3. The number of imidazole rings is 1. The second kappa shape index (κ2) is 7.10. The Morgan fingerprint density at radius 1 is 1.18 bits per heavy atom. The largest absolute Gasteiger partial charge is 0.494 e. The Balaban J connectivity index is 1.61. The Morgan fingerprint density at radius 3 is 2.79 bits per heavy atom. The number of carbonyl (C=O) groups excluding carboxylic acids is 1. The van der Waals surface area contributed by atoms with Gasteiger partial charge in [-0.3, -0.25) is 4.79 Å². The molecule has 3 aromatic heterocycles. The van der Waals surface area contributed by atoms with Crippen molar-refractivity contribution in [1.82, 2.24) is 29.7 Å². The molecule has 4 rings (SSSR count). The van der Waals surface area contributed by atoms with Crippen LogP contribution in [0.5, 0.6) is 5.75 Å². The Hall–Kier alpha value is -3.75.